The standard InChI is InChI=1S/C21H24FN7/c1-28-10-12-29(13-11-28)18-8-6-17(7-9-18)26-21-24-14-19(22)20(27-21)25-16-4-2-15(23)3-5-16/h2-9,14H,10-13,23H2,1H3,(H2,24,25,26,27). The molecule has 1 fully saturated rings. The minimum atomic E-state index is -0.530. The van der Waals surface area contributed by atoms with E-state index in [-0.39, 0.29) is 5.82 Å². The number of hydrogen-bond acceptors (Lipinski definition) is 7. The number of nitrogen functional groups attached to an aromatic ring is 1. The molecule has 1 aromatic heterocycles. The first-order valence-electron chi connectivity index (χ1n) is 9.52. The maximum absolute atomic E-state index is 14.1. The van der Waals surface area contributed by atoms with E-state index in [0.717, 1.165) is 38.1 Å². The first-order chi connectivity index (χ1) is 14.1. The van der Waals surface area contributed by atoms with Crippen LogP contribution >= 0.6 is 0 Å². The second-order valence-electron chi connectivity index (χ2n) is 7.10. The van der Waals surface area contributed by atoms with Gasteiger partial charge in [-0.15, -0.1) is 0 Å². The SMILES string of the molecule is CN1CCN(c2ccc(Nc3ncc(F)c(Nc4ccc(N)cc4)n3)cc2)CC1. The van der Waals surface area contributed by atoms with Crippen molar-refractivity contribution >= 4 is 34.5 Å². The number of nitrogens with two attached hydrogens (primary N) is 1. The zero-order valence-corrected chi connectivity index (χ0v) is 16.3. The van der Waals surface area contributed by atoms with E-state index in [4.69, 9.17) is 5.73 Å². The minimum absolute atomic E-state index is 0.0985. The Kier molecular flexibility index (Phi) is 5.44. The van der Waals surface area contributed by atoms with E-state index < -0.39 is 5.82 Å². The Hall–Kier alpha value is -3.39. The van der Waals surface area contributed by atoms with Crippen LogP contribution in [0.1, 0.15) is 0 Å². The molecule has 8 heteroatoms. The molecular weight excluding hydrogens is 369 g/mol. The highest BCUT2D eigenvalue weighted by molar-refractivity contribution is 5.63. The van der Waals surface area contributed by atoms with Crippen molar-refractivity contribution in [2.24, 2.45) is 0 Å². The van der Waals surface area contributed by atoms with Gasteiger partial charge in [0.05, 0.1) is 6.20 Å². The average molecular weight is 393 g/mol. The van der Waals surface area contributed by atoms with E-state index in [1.807, 2.05) is 12.1 Å². The predicted molar refractivity (Wildman–Crippen MR) is 116 cm³/mol. The third-order valence-electron chi connectivity index (χ3n) is 4.91. The number of halogens is 1. The van der Waals surface area contributed by atoms with Crippen LogP contribution in [-0.4, -0.2) is 48.1 Å². The van der Waals surface area contributed by atoms with Crippen LogP contribution in [0.3, 0.4) is 0 Å². The van der Waals surface area contributed by atoms with Crippen molar-refractivity contribution in [1.29, 1.82) is 0 Å². The maximum atomic E-state index is 14.1. The lowest BCUT2D eigenvalue weighted by Crippen LogP contribution is -2.44. The van der Waals surface area contributed by atoms with Gasteiger partial charge in [0, 0.05) is 48.9 Å². The normalized spacial score (nSPS) is 14.6. The quantitative estimate of drug-likeness (QED) is 0.573. The number of benzene rings is 2. The van der Waals surface area contributed by atoms with Crippen LogP contribution in [0, 0.1) is 5.82 Å². The molecule has 4 rings (SSSR count). The molecule has 2 aromatic carbocycles. The number of hydrogen-bond donors (Lipinski definition) is 3. The summed E-state index contributed by atoms with van der Waals surface area (Å²) in [6.07, 6.45) is 1.15. The van der Waals surface area contributed by atoms with Gasteiger partial charge in [-0.25, -0.2) is 9.37 Å². The van der Waals surface area contributed by atoms with Crippen LogP contribution in [-0.2, 0) is 0 Å². The van der Waals surface area contributed by atoms with Gasteiger partial charge in [-0.1, -0.05) is 0 Å². The summed E-state index contributed by atoms with van der Waals surface area (Å²) >= 11 is 0. The van der Waals surface area contributed by atoms with Crippen molar-refractivity contribution < 1.29 is 4.39 Å². The number of piperazine rings is 1. The topological polar surface area (TPSA) is 82.3 Å². The molecule has 0 amide bonds. The summed E-state index contributed by atoms with van der Waals surface area (Å²) < 4.78 is 14.1. The van der Waals surface area contributed by atoms with Crippen molar-refractivity contribution in [2.45, 2.75) is 0 Å². The molecule has 2 heterocycles. The fourth-order valence-corrected chi connectivity index (χ4v) is 3.17. The lowest BCUT2D eigenvalue weighted by atomic mass is 10.2. The molecule has 0 spiro atoms. The molecule has 3 aromatic rings. The molecule has 1 aliphatic heterocycles. The zero-order chi connectivity index (χ0) is 20.2. The van der Waals surface area contributed by atoms with Gasteiger partial charge < -0.3 is 26.2 Å². The molecule has 0 bridgehead atoms. The lowest BCUT2D eigenvalue weighted by Gasteiger charge is -2.34. The summed E-state index contributed by atoms with van der Waals surface area (Å²) in [5.41, 5.74) is 9.05. The van der Waals surface area contributed by atoms with Gasteiger partial charge >= 0.3 is 0 Å². The van der Waals surface area contributed by atoms with Crippen LogP contribution in [0.4, 0.5) is 38.9 Å². The van der Waals surface area contributed by atoms with Crippen LogP contribution < -0.4 is 21.3 Å². The fraction of sp³-hybridized carbons (Fsp3) is 0.238. The van der Waals surface area contributed by atoms with Crippen molar-refractivity contribution in [3.05, 3.63) is 60.5 Å². The Bertz CT molecular complexity index is 952. The summed E-state index contributed by atoms with van der Waals surface area (Å²) in [5, 5.41) is 6.08. The number of nitrogens with one attached hydrogen (secondary N) is 2. The van der Waals surface area contributed by atoms with Crippen LogP contribution in [0.25, 0.3) is 0 Å². The number of likely N-dealkylation sites (N-methyl/N-ethyl adjacent to an activating group) is 1. The Morgan fingerprint density at radius 1 is 0.897 bits per heavy atom. The van der Waals surface area contributed by atoms with E-state index in [9.17, 15) is 4.39 Å². The molecule has 0 aliphatic carbocycles. The van der Waals surface area contributed by atoms with Gasteiger partial charge in [0.15, 0.2) is 11.6 Å². The summed E-state index contributed by atoms with van der Waals surface area (Å²) in [6.45, 7) is 4.16. The molecule has 1 saturated heterocycles. The largest absolute Gasteiger partial charge is 0.399 e. The van der Waals surface area contributed by atoms with Gasteiger partial charge in [-0.2, -0.15) is 4.98 Å². The summed E-state index contributed by atoms with van der Waals surface area (Å²) in [5.74, 6) is -0.115. The summed E-state index contributed by atoms with van der Waals surface area (Å²) in [6, 6.07) is 15.1. The lowest BCUT2D eigenvalue weighted by molar-refractivity contribution is 0.313. The van der Waals surface area contributed by atoms with Crippen LogP contribution in [0.2, 0.25) is 0 Å². The minimum Gasteiger partial charge on any atom is -0.399 e. The molecule has 1 aliphatic rings. The first-order valence-corrected chi connectivity index (χ1v) is 9.52. The molecule has 150 valence electrons. The zero-order valence-electron chi connectivity index (χ0n) is 16.3. The van der Waals surface area contributed by atoms with Crippen molar-refractivity contribution in [1.82, 2.24) is 14.9 Å². The predicted octanol–water partition coefficient (Wildman–Crippen LogP) is 3.44. The molecule has 0 saturated carbocycles. The maximum Gasteiger partial charge on any atom is 0.229 e. The van der Waals surface area contributed by atoms with E-state index >= 15 is 0 Å². The highest BCUT2D eigenvalue weighted by atomic mass is 19.1. The monoisotopic (exact) mass is 393 g/mol. The highest BCUT2D eigenvalue weighted by Gasteiger charge is 2.14. The van der Waals surface area contributed by atoms with Gasteiger partial charge in [0.2, 0.25) is 5.95 Å². The van der Waals surface area contributed by atoms with Crippen molar-refractivity contribution in [3.8, 4) is 0 Å². The average Bonchev–Trinajstić information content (AvgIpc) is 2.73. The van der Waals surface area contributed by atoms with E-state index in [1.54, 1.807) is 24.3 Å². The molecule has 4 N–H and O–H groups in total. The number of anilines is 6. The molecule has 0 unspecified atom stereocenters. The first kappa shape index (κ1) is 18.9. The number of nitrogens with zero attached hydrogens (tertiary/aromatic N) is 4. The number of rotatable bonds is 5. The van der Waals surface area contributed by atoms with Crippen molar-refractivity contribution in [3.63, 3.8) is 0 Å². The third kappa shape index (κ3) is 4.72. The Morgan fingerprint density at radius 3 is 2.21 bits per heavy atom. The highest BCUT2D eigenvalue weighted by Crippen LogP contribution is 2.23. The Labute approximate surface area is 169 Å². The van der Waals surface area contributed by atoms with Gasteiger partial charge in [0.25, 0.3) is 0 Å². The molecule has 29 heavy (non-hydrogen) atoms. The molecule has 0 atom stereocenters. The fourth-order valence-electron chi connectivity index (χ4n) is 3.17. The molecule has 0 radical (unpaired) electrons. The second-order valence-corrected chi connectivity index (χ2v) is 7.10. The van der Waals surface area contributed by atoms with E-state index in [2.05, 4.69) is 49.6 Å². The molecular formula is C21H24FN7. The van der Waals surface area contributed by atoms with Gasteiger partial charge in [0.1, 0.15) is 0 Å². The number of aromatic nitrogens is 2. The van der Waals surface area contributed by atoms with E-state index in [0.29, 0.717) is 17.3 Å². The van der Waals surface area contributed by atoms with Gasteiger partial charge in [-0.05, 0) is 55.6 Å². The second kappa shape index (κ2) is 8.32. The smallest absolute Gasteiger partial charge is 0.229 e. The van der Waals surface area contributed by atoms with Crippen molar-refractivity contribution in [2.75, 3.05) is 54.5 Å². The Balaban J connectivity index is 1.44. The van der Waals surface area contributed by atoms with Gasteiger partial charge in [-0.3, -0.25) is 0 Å². The van der Waals surface area contributed by atoms with Crippen LogP contribution in [0.15, 0.2) is 54.7 Å². The Morgan fingerprint density at radius 2 is 1.52 bits per heavy atom. The summed E-state index contributed by atoms with van der Waals surface area (Å²) in [7, 11) is 2.14. The van der Waals surface area contributed by atoms with Crippen LogP contribution in [0.5, 0.6) is 0 Å². The molecule has 7 nitrogen and oxygen atoms in total. The van der Waals surface area contributed by atoms with E-state index in [1.165, 1.54) is 5.69 Å². The third-order valence-corrected chi connectivity index (χ3v) is 4.91. The summed E-state index contributed by atoms with van der Waals surface area (Å²) in [4.78, 5) is 13.0.